The highest BCUT2D eigenvalue weighted by molar-refractivity contribution is 5.86. The molecule has 6 heteroatoms. The van der Waals surface area contributed by atoms with Gasteiger partial charge in [0.15, 0.2) is 0 Å². The number of benzene rings is 1. The zero-order valence-corrected chi connectivity index (χ0v) is 13.5. The average Bonchev–Trinajstić information content (AvgIpc) is 2.53. The highest BCUT2D eigenvalue weighted by atomic mass is 16.5. The predicted molar refractivity (Wildman–Crippen MR) is 87.6 cm³/mol. The fraction of sp³-hybridized carbons (Fsp3) is 0.294. The van der Waals surface area contributed by atoms with Crippen LogP contribution < -0.4 is 5.73 Å². The lowest BCUT2D eigenvalue weighted by molar-refractivity contribution is -0.142. The number of phenols is 1. The standard InChI is InChI=1S/C11H12O3.C6H11NO2/c1-3-11(13)14-8(2)9-6-4-5-7-10(9)12;1-5(2)6(8)9-4-3-7/h3-8,12H,1H2,2H3;1,3-4,7H2,2H3. The summed E-state index contributed by atoms with van der Waals surface area (Å²) in [4.78, 5) is 21.4. The van der Waals surface area contributed by atoms with Crippen LogP contribution in [0.1, 0.15) is 25.5 Å². The van der Waals surface area contributed by atoms with E-state index in [1.54, 1.807) is 38.1 Å². The lowest BCUT2D eigenvalue weighted by atomic mass is 10.1. The number of hydrogen-bond donors (Lipinski definition) is 2. The second-order valence-electron chi connectivity index (χ2n) is 4.55. The van der Waals surface area contributed by atoms with E-state index in [2.05, 4.69) is 17.9 Å². The summed E-state index contributed by atoms with van der Waals surface area (Å²) in [6, 6.07) is 6.73. The summed E-state index contributed by atoms with van der Waals surface area (Å²) >= 11 is 0. The molecule has 0 amide bonds. The van der Waals surface area contributed by atoms with Gasteiger partial charge in [-0.3, -0.25) is 0 Å². The minimum absolute atomic E-state index is 0.122. The van der Waals surface area contributed by atoms with E-state index < -0.39 is 12.1 Å². The van der Waals surface area contributed by atoms with Crippen LogP contribution in [0, 0.1) is 0 Å². The smallest absolute Gasteiger partial charge is 0.333 e. The van der Waals surface area contributed by atoms with Gasteiger partial charge in [0.2, 0.25) is 0 Å². The van der Waals surface area contributed by atoms with Crippen molar-refractivity contribution in [1.82, 2.24) is 0 Å². The first-order valence-corrected chi connectivity index (χ1v) is 6.97. The Balaban J connectivity index is 0.000000468. The molecule has 3 N–H and O–H groups in total. The topological polar surface area (TPSA) is 98.9 Å². The first-order valence-electron chi connectivity index (χ1n) is 6.97. The molecule has 0 saturated heterocycles. The molecule has 0 bridgehead atoms. The van der Waals surface area contributed by atoms with Gasteiger partial charge in [-0.2, -0.15) is 0 Å². The highest BCUT2D eigenvalue weighted by Gasteiger charge is 2.12. The molecule has 0 fully saturated rings. The summed E-state index contributed by atoms with van der Waals surface area (Å²) in [6.07, 6.45) is 0.623. The first-order chi connectivity index (χ1) is 10.8. The van der Waals surface area contributed by atoms with Crippen molar-refractivity contribution in [2.75, 3.05) is 13.2 Å². The Hall–Kier alpha value is -2.60. The number of hydrogen-bond acceptors (Lipinski definition) is 6. The molecule has 1 atom stereocenters. The number of carbonyl (C=O) groups excluding carboxylic acids is 2. The zero-order chi connectivity index (χ0) is 17.8. The molecular formula is C17H23NO5. The molecule has 1 unspecified atom stereocenters. The third kappa shape index (κ3) is 8.43. The number of phenolic OH excluding ortho intramolecular Hbond substituents is 1. The number of aromatic hydroxyl groups is 1. The largest absolute Gasteiger partial charge is 0.508 e. The number of esters is 2. The summed E-state index contributed by atoms with van der Waals surface area (Å²) in [5.41, 5.74) is 6.06. The number of rotatable bonds is 6. The second-order valence-corrected chi connectivity index (χ2v) is 4.55. The zero-order valence-electron chi connectivity index (χ0n) is 13.5. The minimum atomic E-state index is -0.499. The van der Waals surface area contributed by atoms with Gasteiger partial charge in [0.05, 0.1) is 0 Å². The third-order valence-electron chi connectivity index (χ3n) is 2.53. The van der Waals surface area contributed by atoms with Gasteiger partial charge in [-0.1, -0.05) is 31.4 Å². The highest BCUT2D eigenvalue weighted by Crippen LogP contribution is 2.25. The van der Waals surface area contributed by atoms with Crippen molar-refractivity contribution in [3.63, 3.8) is 0 Å². The molecule has 1 aromatic carbocycles. The Morgan fingerprint density at radius 2 is 2.00 bits per heavy atom. The maximum atomic E-state index is 10.9. The van der Waals surface area contributed by atoms with E-state index >= 15 is 0 Å². The number of carbonyl (C=O) groups is 2. The molecule has 0 aliphatic rings. The fourth-order valence-electron chi connectivity index (χ4n) is 1.39. The van der Waals surface area contributed by atoms with E-state index in [1.807, 2.05) is 0 Å². The van der Waals surface area contributed by atoms with Crippen LogP contribution in [0.4, 0.5) is 0 Å². The van der Waals surface area contributed by atoms with Crippen molar-refractivity contribution < 1.29 is 24.2 Å². The molecule has 23 heavy (non-hydrogen) atoms. The SMILES string of the molecule is C=C(C)C(=O)OCCN.C=CC(=O)OC(C)c1ccccc1O. The van der Waals surface area contributed by atoms with Gasteiger partial charge in [-0.15, -0.1) is 0 Å². The molecule has 0 aliphatic carbocycles. The number of ether oxygens (including phenoxy) is 2. The molecule has 0 radical (unpaired) electrons. The first kappa shape index (κ1) is 20.4. The molecule has 0 heterocycles. The Morgan fingerprint density at radius 3 is 2.48 bits per heavy atom. The Labute approximate surface area is 136 Å². The van der Waals surface area contributed by atoms with Gasteiger partial charge in [-0.05, 0) is 19.9 Å². The molecule has 0 aliphatic heterocycles. The van der Waals surface area contributed by atoms with Gasteiger partial charge < -0.3 is 20.3 Å². The van der Waals surface area contributed by atoms with Crippen molar-refractivity contribution in [3.8, 4) is 5.75 Å². The Morgan fingerprint density at radius 1 is 1.39 bits per heavy atom. The van der Waals surface area contributed by atoms with E-state index in [4.69, 9.17) is 10.5 Å². The summed E-state index contributed by atoms with van der Waals surface area (Å²) in [5.74, 6) is -0.752. The Bertz CT molecular complexity index is 554. The molecule has 0 saturated carbocycles. The van der Waals surface area contributed by atoms with Crippen LogP contribution in [0.2, 0.25) is 0 Å². The van der Waals surface area contributed by atoms with Crippen LogP contribution >= 0.6 is 0 Å². The molecule has 6 nitrogen and oxygen atoms in total. The monoisotopic (exact) mass is 321 g/mol. The van der Waals surface area contributed by atoms with E-state index in [-0.39, 0.29) is 18.3 Å². The summed E-state index contributed by atoms with van der Waals surface area (Å²) in [7, 11) is 0. The van der Waals surface area contributed by atoms with E-state index in [0.717, 1.165) is 6.08 Å². The minimum Gasteiger partial charge on any atom is -0.508 e. The molecule has 0 aromatic heterocycles. The van der Waals surface area contributed by atoms with Crippen LogP contribution in [0.15, 0.2) is 49.1 Å². The Kier molecular flexibility index (Phi) is 9.78. The van der Waals surface area contributed by atoms with Gasteiger partial charge >= 0.3 is 11.9 Å². The molecule has 1 aromatic rings. The van der Waals surface area contributed by atoms with E-state index in [1.165, 1.54) is 0 Å². The van der Waals surface area contributed by atoms with Crippen molar-refractivity contribution in [3.05, 3.63) is 54.6 Å². The summed E-state index contributed by atoms with van der Waals surface area (Å²) in [5, 5.41) is 9.45. The lowest BCUT2D eigenvalue weighted by Gasteiger charge is -2.13. The van der Waals surface area contributed by atoms with Crippen molar-refractivity contribution in [2.24, 2.45) is 5.73 Å². The van der Waals surface area contributed by atoms with Crippen LogP contribution in [-0.2, 0) is 19.1 Å². The molecule has 1 rings (SSSR count). The van der Waals surface area contributed by atoms with Gasteiger partial charge in [0.25, 0.3) is 0 Å². The average molecular weight is 321 g/mol. The second kappa shape index (κ2) is 11.0. The maximum absolute atomic E-state index is 10.9. The number of nitrogens with two attached hydrogens (primary N) is 1. The fourth-order valence-corrected chi connectivity index (χ4v) is 1.39. The van der Waals surface area contributed by atoms with Crippen molar-refractivity contribution >= 4 is 11.9 Å². The summed E-state index contributed by atoms with van der Waals surface area (Å²) in [6.45, 7) is 10.6. The quantitative estimate of drug-likeness (QED) is 0.616. The summed E-state index contributed by atoms with van der Waals surface area (Å²) < 4.78 is 9.54. The van der Waals surface area contributed by atoms with Crippen LogP contribution in [-0.4, -0.2) is 30.2 Å². The molecular weight excluding hydrogens is 298 g/mol. The van der Waals surface area contributed by atoms with Gasteiger partial charge in [0.1, 0.15) is 18.5 Å². The van der Waals surface area contributed by atoms with Crippen LogP contribution in [0.3, 0.4) is 0 Å². The maximum Gasteiger partial charge on any atom is 0.333 e. The van der Waals surface area contributed by atoms with Gasteiger partial charge in [-0.25, -0.2) is 9.59 Å². The predicted octanol–water partition coefficient (Wildman–Crippen LogP) is 2.25. The van der Waals surface area contributed by atoms with E-state index in [9.17, 15) is 14.7 Å². The van der Waals surface area contributed by atoms with Crippen LogP contribution in [0.5, 0.6) is 5.75 Å². The van der Waals surface area contributed by atoms with Crippen molar-refractivity contribution in [2.45, 2.75) is 20.0 Å². The number of para-hydroxylation sites is 1. The lowest BCUT2D eigenvalue weighted by Crippen LogP contribution is -2.13. The van der Waals surface area contributed by atoms with E-state index in [0.29, 0.717) is 17.7 Å². The van der Waals surface area contributed by atoms with Crippen molar-refractivity contribution in [1.29, 1.82) is 0 Å². The van der Waals surface area contributed by atoms with Gasteiger partial charge in [0, 0.05) is 23.8 Å². The normalized spacial score (nSPS) is 10.6. The third-order valence-corrected chi connectivity index (χ3v) is 2.53. The molecule has 0 spiro atoms. The van der Waals surface area contributed by atoms with Crippen LogP contribution in [0.25, 0.3) is 0 Å². The molecule has 126 valence electrons.